The van der Waals surface area contributed by atoms with Gasteiger partial charge in [-0.25, -0.2) is 4.39 Å². The van der Waals surface area contributed by atoms with E-state index < -0.39 is 5.91 Å². The van der Waals surface area contributed by atoms with Crippen LogP contribution in [0.25, 0.3) is 0 Å². The van der Waals surface area contributed by atoms with Gasteiger partial charge in [0, 0.05) is 26.2 Å². The van der Waals surface area contributed by atoms with Gasteiger partial charge in [-0.2, -0.15) is 0 Å². The lowest BCUT2D eigenvalue weighted by atomic mass is 10.2. The molecule has 0 spiro atoms. The van der Waals surface area contributed by atoms with Gasteiger partial charge < -0.3 is 19.9 Å². The topological polar surface area (TPSA) is 61.9 Å². The van der Waals surface area contributed by atoms with Gasteiger partial charge in [0.25, 0.3) is 0 Å². The Morgan fingerprint density at radius 3 is 2.45 bits per heavy atom. The Morgan fingerprint density at radius 2 is 1.72 bits per heavy atom. The summed E-state index contributed by atoms with van der Waals surface area (Å²) in [4.78, 5) is 27.8. The molecule has 1 aliphatic heterocycles. The van der Waals surface area contributed by atoms with E-state index in [0.29, 0.717) is 42.6 Å². The second kappa shape index (κ2) is 9.91. The zero-order valence-corrected chi connectivity index (χ0v) is 17.0. The van der Waals surface area contributed by atoms with Crippen molar-refractivity contribution < 1.29 is 18.7 Å². The predicted octanol–water partition coefficient (Wildman–Crippen LogP) is 3.44. The van der Waals surface area contributed by atoms with Crippen LogP contribution in [0.5, 0.6) is 0 Å². The maximum Gasteiger partial charge on any atom is 0.250 e. The molecule has 0 atom stereocenters. The summed E-state index contributed by atoms with van der Waals surface area (Å²) in [5.41, 5.74) is 0.913. The molecule has 0 aliphatic carbocycles. The maximum absolute atomic E-state index is 13.9. The monoisotopic (exact) mass is 439 g/mol. The number of anilines is 2. The molecule has 29 heavy (non-hydrogen) atoms. The molecule has 1 saturated heterocycles. The average Bonchev–Trinajstić information content (AvgIpc) is 2.72. The van der Waals surface area contributed by atoms with Crippen LogP contribution in [-0.4, -0.2) is 56.1 Å². The number of rotatable bonds is 6. The van der Waals surface area contributed by atoms with Gasteiger partial charge in [0.05, 0.1) is 21.4 Å². The largest absolute Gasteiger partial charge is 0.366 e. The molecule has 1 aliphatic rings. The molecule has 0 bridgehead atoms. The second-order valence-corrected chi connectivity index (χ2v) is 7.25. The van der Waals surface area contributed by atoms with E-state index in [2.05, 4.69) is 5.32 Å². The maximum atomic E-state index is 13.9. The smallest absolute Gasteiger partial charge is 0.250 e. The van der Waals surface area contributed by atoms with Crippen molar-refractivity contribution in [1.29, 1.82) is 0 Å². The van der Waals surface area contributed by atoms with Crippen LogP contribution in [0.4, 0.5) is 15.8 Å². The van der Waals surface area contributed by atoms with E-state index in [4.69, 9.17) is 27.9 Å². The number of ether oxygens (including phenoxy) is 1. The standard InChI is InChI=1S/C20H20Cl2FN3O3/c21-14-4-3-6-16(20(14)22)24-18(27)12-29-13-19(28)26-10-8-25(9-11-26)17-7-2-1-5-15(17)23/h1-7H,8-13H2,(H,24,27). The van der Waals surface area contributed by atoms with E-state index in [9.17, 15) is 14.0 Å². The summed E-state index contributed by atoms with van der Waals surface area (Å²) in [5, 5.41) is 3.16. The summed E-state index contributed by atoms with van der Waals surface area (Å²) < 4.78 is 19.1. The number of benzene rings is 2. The van der Waals surface area contributed by atoms with Crippen LogP contribution in [-0.2, 0) is 14.3 Å². The van der Waals surface area contributed by atoms with Crippen LogP contribution in [0.1, 0.15) is 0 Å². The van der Waals surface area contributed by atoms with E-state index in [1.54, 1.807) is 41.3 Å². The van der Waals surface area contributed by atoms with Gasteiger partial charge >= 0.3 is 0 Å². The number of carbonyl (C=O) groups excluding carboxylic acids is 2. The van der Waals surface area contributed by atoms with Gasteiger partial charge in [-0.15, -0.1) is 0 Å². The number of nitrogens with one attached hydrogen (secondary N) is 1. The molecule has 1 heterocycles. The van der Waals surface area contributed by atoms with Crippen LogP contribution >= 0.6 is 23.2 Å². The lowest BCUT2D eigenvalue weighted by Crippen LogP contribution is -2.50. The van der Waals surface area contributed by atoms with Crippen molar-refractivity contribution in [1.82, 2.24) is 4.90 Å². The van der Waals surface area contributed by atoms with Crippen molar-refractivity contribution in [2.75, 3.05) is 49.6 Å². The minimum atomic E-state index is -0.439. The Labute approximate surface area is 178 Å². The number of amides is 2. The lowest BCUT2D eigenvalue weighted by molar-refractivity contribution is -0.137. The third-order valence-electron chi connectivity index (χ3n) is 4.51. The highest BCUT2D eigenvalue weighted by molar-refractivity contribution is 6.44. The van der Waals surface area contributed by atoms with E-state index in [-0.39, 0.29) is 30.0 Å². The number of hydrogen-bond donors (Lipinski definition) is 1. The van der Waals surface area contributed by atoms with Crippen LogP contribution in [0.15, 0.2) is 42.5 Å². The van der Waals surface area contributed by atoms with Gasteiger partial charge in [-0.1, -0.05) is 41.4 Å². The van der Waals surface area contributed by atoms with E-state index in [1.807, 2.05) is 4.90 Å². The molecule has 1 N–H and O–H groups in total. The number of hydrogen-bond acceptors (Lipinski definition) is 4. The molecule has 0 unspecified atom stereocenters. The van der Waals surface area contributed by atoms with Crippen molar-refractivity contribution in [3.8, 4) is 0 Å². The Morgan fingerprint density at radius 1 is 1.00 bits per heavy atom. The van der Waals surface area contributed by atoms with E-state index >= 15 is 0 Å². The van der Waals surface area contributed by atoms with Gasteiger partial charge in [-0.3, -0.25) is 9.59 Å². The minimum Gasteiger partial charge on any atom is -0.366 e. The number of nitrogens with zero attached hydrogens (tertiary/aromatic N) is 2. The van der Waals surface area contributed by atoms with Gasteiger partial charge in [-0.05, 0) is 24.3 Å². The van der Waals surface area contributed by atoms with Gasteiger partial charge in [0.1, 0.15) is 19.0 Å². The number of para-hydroxylation sites is 1. The fourth-order valence-electron chi connectivity index (χ4n) is 3.01. The molecule has 0 aromatic heterocycles. The molecule has 9 heteroatoms. The first-order valence-electron chi connectivity index (χ1n) is 9.04. The highest BCUT2D eigenvalue weighted by Crippen LogP contribution is 2.29. The normalized spacial score (nSPS) is 14.0. The number of piperazine rings is 1. The van der Waals surface area contributed by atoms with Crippen LogP contribution in [0.2, 0.25) is 10.0 Å². The molecular formula is C20H20Cl2FN3O3. The Bertz CT molecular complexity index is 889. The Balaban J connectivity index is 1.41. The summed E-state index contributed by atoms with van der Waals surface area (Å²) in [7, 11) is 0. The highest BCUT2D eigenvalue weighted by Gasteiger charge is 2.22. The first kappa shape index (κ1) is 21.4. The van der Waals surface area contributed by atoms with Crippen molar-refractivity contribution in [2.45, 2.75) is 0 Å². The first-order chi connectivity index (χ1) is 14.0. The quantitative estimate of drug-likeness (QED) is 0.748. The third kappa shape index (κ3) is 5.59. The van der Waals surface area contributed by atoms with Crippen LogP contribution < -0.4 is 10.2 Å². The summed E-state index contributed by atoms with van der Waals surface area (Å²) in [6.07, 6.45) is 0. The first-order valence-corrected chi connectivity index (χ1v) is 9.80. The lowest BCUT2D eigenvalue weighted by Gasteiger charge is -2.36. The Hall–Kier alpha value is -2.35. The molecule has 2 aromatic carbocycles. The van der Waals surface area contributed by atoms with Crippen LogP contribution in [0.3, 0.4) is 0 Å². The molecular weight excluding hydrogens is 420 g/mol. The summed E-state index contributed by atoms with van der Waals surface area (Å²) in [5.74, 6) is -0.931. The molecule has 3 rings (SSSR count). The summed E-state index contributed by atoms with van der Waals surface area (Å²) >= 11 is 11.9. The third-order valence-corrected chi connectivity index (χ3v) is 5.33. The molecule has 154 valence electrons. The van der Waals surface area contributed by atoms with Crippen molar-refractivity contribution in [3.63, 3.8) is 0 Å². The zero-order valence-electron chi connectivity index (χ0n) is 15.5. The van der Waals surface area contributed by atoms with E-state index in [0.717, 1.165) is 0 Å². The molecule has 1 fully saturated rings. The molecule has 2 aromatic rings. The predicted molar refractivity (Wildman–Crippen MR) is 111 cm³/mol. The van der Waals surface area contributed by atoms with Gasteiger partial charge in [0.15, 0.2) is 0 Å². The average molecular weight is 440 g/mol. The minimum absolute atomic E-state index is 0.212. The molecule has 6 nitrogen and oxygen atoms in total. The van der Waals surface area contributed by atoms with E-state index in [1.165, 1.54) is 6.07 Å². The number of carbonyl (C=O) groups is 2. The zero-order chi connectivity index (χ0) is 20.8. The fraction of sp³-hybridized carbons (Fsp3) is 0.300. The number of halogens is 3. The highest BCUT2D eigenvalue weighted by atomic mass is 35.5. The second-order valence-electron chi connectivity index (χ2n) is 6.46. The van der Waals surface area contributed by atoms with Crippen LogP contribution in [0, 0.1) is 5.82 Å². The van der Waals surface area contributed by atoms with Crippen molar-refractivity contribution >= 4 is 46.4 Å². The van der Waals surface area contributed by atoms with Crippen molar-refractivity contribution in [3.05, 3.63) is 58.3 Å². The summed E-state index contributed by atoms with van der Waals surface area (Å²) in [6, 6.07) is 11.5. The molecule has 2 amide bonds. The van der Waals surface area contributed by atoms with Gasteiger partial charge in [0.2, 0.25) is 11.8 Å². The SMILES string of the molecule is O=C(COCC(=O)N1CCN(c2ccccc2F)CC1)Nc1cccc(Cl)c1Cl. The van der Waals surface area contributed by atoms with Crippen molar-refractivity contribution in [2.24, 2.45) is 0 Å². The molecule has 0 radical (unpaired) electrons. The summed E-state index contributed by atoms with van der Waals surface area (Å²) in [6.45, 7) is 1.47. The Kier molecular flexibility index (Phi) is 7.30. The molecule has 0 saturated carbocycles. The fourth-order valence-corrected chi connectivity index (χ4v) is 3.36.